The summed E-state index contributed by atoms with van der Waals surface area (Å²) >= 11 is 3.16. The second kappa shape index (κ2) is 4.49. The Bertz CT molecular complexity index is 423. The van der Waals surface area contributed by atoms with Crippen molar-refractivity contribution in [3.63, 3.8) is 0 Å². The Labute approximate surface area is 92.4 Å². The van der Waals surface area contributed by atoms with E-state index < -0.39 is 12.0 Å². The zero-order valence-corrected chi connectivity index (χ0v) is 8.82. The predicted molar refractivity (Wildman–Crippen MR) is 52.1 cm³/mol. The van der Waals surface area contributed by atoms with Gasteiger partial charge in [-0.3, -0.25) is 4.79 Å². The van der Waals surface area contributed by atoms with Crippen LogP contribution in [0.25, 0.3) is 0 Å². The van der Waals surface area contributed by atoms with Gasteiger partial charge in [-0.25, -0.2) is 0 Å². The summed E-state index contributed by atoms with van der Waals surface area (Å²) in [5.74, 6) is 1.63. The molecule has 0 radical (unpaired) electrons. The van der Waals surface area contributed by atoms with Crippen molar-refractivity contribution in [3.8, 4) is 11.8 Å². The minimum Gasteiger partial charge on any atom is -0.275 e. The molecule has 0 amide bonds. The van der Waals surface area contributed by atoms with Gasteiger partial charge in [0.25, 0.3) is 0 Å². The molecule has 5 heteroatoms. The molecule has 0 bridgehead atoms. The lowest BCUT2D eigenvalue weighted by molar-refractivity contribution is -0.164. The molecule has 1 rings (SSSR count). The molecule has 1 aromatic rings. The molecular formula is C10H4BrF3O. The summed E-state index contributed by atoms with van der Waals surface area (Å²) in [6, 6.07) is 6.28. The van der Waals surface area contributed by atoms with Crippen molar-refractivity contribution in [2.45, 2.75) is 6.18 Å². The number of rotatable bonds is 0. The van der Waals surface area contributed by atoms with Crippen LogP contribution >= 0.6 is 15.9 Å². The number of carbonyl (C=O) groups excluding carboxylic acids is 1. The van der Waals surface area contributed by atoms with Gasteiger partial charge in [0.05, 0.1) is 0 Å². The number of alkyl halides is 3. The predicted octanol–water partition coefficient (Wildman–Crippen LogP) is 2.93. The highest BCUT2D eigenvalue weighted by Gasteiger charge is 2.37. The molecule has 0 heterocycles. The Morgan fingerprint density at radius 3 is 2.20 bits per heavy atom. The van der Waals surface area contributed by atoms with Crippen molar-refractivity contribution >= 4 is 21.7 Å². The second-order valence-electron chi connectivity index (χ2n) is 2.58. The van der Waals surface area contributed by atoms with Gasteiger partial charge in [-0.15, -0.1) is 0 Å². The smallest absolute Gasteiger partial charge is 0.275 e. The van der Waals surface area contributed by atoms with Gasteiger partial charge in [-0.05, 0) is 30.2 Å². The molecule has 0 spiro atoms. The lowest BCUT2D eigenvalue weighted by atomic mass is 10.2. The Morgan fingerprint density at radius 1 is 1.20 bits per heavy atom. The zero-order chi connectivity index (χ0) is 11.5. The molecule has 0 fully saturated rings. The van der Waals surface area contributed by atoms with Crippen LogP contribution in [0.3, 0.4) is 0 Å². The fourth-order valence-corrected chi connectivity index (χ4v) is 0.997. The lowest BCUT2D eigenvalue weighted by Crippen LogP contribution is -2.20. The van der Waals surface area contributed by atoms with Crippen molar-refractivity contribution < 1.29 is 18.0 Å². The summed E-state index contributed by atoms with van der Waals surface area (Å²) < 4.78 is 36.1. The first-order chi connectivity index (χ1) is 6.89. The van der Waals surface area contributed by atoms with E-state index in [1.807, 2.05) is 0 Å². The van der Waals surface area contributed by atoms with Crippen molar-refractivity contribution in [2.24, 2.45) is 0 Å². The van der Waals surface area contributed by atoms with Gasteiger partial charge in [-0.2, -0.15) is 13.2 Å². The number of halogens is 4. The maximum absolute atomic E-state index is 11.8. The maximum Gasteiger partial charge on any atom is 0.462 e. The number of Topliss-reactive ketones (excluding diaryl/α,β-unsaturated/α-hetero) is 1. The fourth-order valence-electron chi connectivity index (χ4n) is 0.733. The van der Waals surface area contributed by atoms with Crippen LogP contribution in [0.1, 0.15) is 5.56 Å². The van der Waals surface area contributed by atoms with Crippen LogP contribution in [-0.2, 0) is 4.79 Å². The first kappa shape index (κ1) is 11.8. The van der Waals surface area contributed by atoms with Gasteiger partial charge in [0.15, 0.2) is 0 Å². The summed E-state index contributed by atoms with van der Waals surface area (Å²) in [5.41, 5.74) is 0.357. The Hall–Kier alpha value is -1.28. The SMILES string of the molecule is O=C(C#Cc1ccc(Br)cc1)C(F)(F)F. The van der Waals surface area contributed by atoms with Crippen LogP contribution < -0.4 is 0 Å². The van der Waals surface area contributed by atoms with Gasteiger partial charge in [0.2, 0.25) is 0 Å². The largest absolute Gasteiger partial charge is 0.462 e. The van der Waals surface area contributed by atoms with Gasteiger partial charge in [0.1, 0.15) is 0 Å². The molecule has 1 aromatic carbocycles. The minimum atomic E-state index is -4.89. The van der Waals surface area contributed by atoms with E-state index in [2.05, 4.69) is 21.9 Å². The fraction of sp³-hybridized carbons (Fsp3) is 0.100. The topological polar surface area (TPSA) is 17.1 Å². The molecule has 0 aliphatic rings. The molecule has 0 aliphatic heterocycles. The zero-order valence-electron chi connectivity index (χ0n) is 7.23. The third kappa shape index (κ3) is 3.76. The average Bonchev–Trinajstić information content (AvgIpc) is 2.15. The third-order valence-corrected chi connectivity index (χ3v) is 1.95. The standard InChI is InChI=1S/C10H4BrF3O/c11-8-4-1-7(2-5-8)3-6-9(15)10(12,13)14/h1-2,4-5H. The van der Waals surface area contributed by atoms with E-state index in [1.165, 1.54) is 18.1 Å². The molecule has 15 heavy (non-hydrogen) atoms. The van der Waals surface area contributed by atoms with Crippen molar-refractivity contribution in [1.29, 1.82) is 0 Å². The molecule has 78 valence electrons. The highest BCUT2D eigenvalue weighted by Crippen LogP contribution is 2.15. The molecular weight excluding hydrogens is 273 g/mol. The van der Waals surface area contributed by atoms with E-state index >= 15 is 0 Å². The van der Waals surface area contributed by atoms with Gasteiger partial charge >= 0.3 is 12.0 Å². The highest BCUT2D eigenvalue weighted by molar-refractivity contribution is 9.10. The van der Waals surface area contributed by atoms with Crippen LogP contribution in [0, 0.1) is 11.8 Å². The van der Waals surface area contributed by atoms with Crippen LogP contribution in [0.5, 0.6) is 0 Å². The third-order valence-electron chi connectivity index (χ3n) is 1.42. The number of hydrogen-bond donors (Lipinski definition) is 0. The Balaban J connectivity index is 2.83. The van der Waals surface area contributed by atoms with Crippen molar-refractivity contribution in [2.75, 3.05) is 0 Å². The maximum atomic E-state index is 11.8. The van der Waals surface area contributed by atoms with E-state index in [0.29, 0.717) is 5.56 Å². The van der Waals surface area contributed by atoms with Gasteiger partial charge in [-0.1, -0.05) is 21.9 Å². The summed E-state index contributed by atoms with van der Waals surface area (Å²) in [4.78, 5) is 10.4. The second-order valence-corrected chi connectivity index (χ2v) is 3.50. The molecule has 0 aromatic heterocycles. The minimum absolute atomic E-state index is 0.357. The normalized spacial score (nSPS) is 10.4. The van der Waals surface area contributed by atoms with Gasteiger partial charge < -0.3 is 0 Å². The van der Waals surface area contributed by atoms with Crippen molar-refractivity contribution in [1.82, 2.24) is 0 Å². The summed E-state index contributed by atoms with van der Waals surface area (Å²) in [7, 11) is 0. The van der Waals surface area contributed by atoms with Gasteiger partial charge in [0, 0.05) is 10.0 Å². The summed E-state index contributed by atoms with van der Waals surface area (Å²) in [6.07, 6.45) is -4.89. The number of ketones is 1. The van der Waals surface area contributed by atoms with Crippen LogP contribution in [-0.4, -0.2) is 12.0 Å². The Kier molecular flexibility index (Phi) is 3.53. The molecule has 0 N–H and O–H groups in total. The number of hydrogen-bond acceptors (Lipinski definition) is 1. The summed E-state index contributed by atoms with van der Waals surface area (Å²) in [6.45, 7) is 0. The average molecular weight is 277 g/mol. The van der Waals surface area contributed by atoms with Crippen LogP contribution in [0.2, 0.25) is 0 Å². The molecule has 0 aliphatic carbocycles. The molecule has 0 unspecified atom stereocenters. The quantitative estimate of drug-likeness (QED) is 0.666. The molecule has 0 saturated carbocycles. The lowest BCUT2D eigenvalue weighted by Gasteiger charge is -1.96. The van der Waals surface area contributed by atoms with E-state index in [-0.39, 0.29) is 0 Å². The summed E-state index contributed by atoms with van der Waals surface area (Å²) in [5, 5.41) is 0. The first-order valence-corrected chi connectivity index (χ1v) is 4.57. The Morgan fingerprint density at radius 2 is 1.73 bits per heavy atom. The monoisotopic (exact) mass is 276 g/mol. The number of carbonyl (C=O) groups is 1. The first-order valence-electron chi connectivity index (χ1n) is 3.78. The van der Waals surface area contributed by atoms with E-state index in [1.54, 1.807) is 12.1 Å². The van der Waals surface area contributed by atoms with Crippen LogP contribution in [0.4, 0.5) is 13.2 Å². The van der Waals surface area contributed by atoms with E-state index in [9.17, 15) is 18.0 Å². The molecule has 0 atom stereocenters. The van der Waals surface area contributed by atoms with Crippen LogP contribution in [0.15, 0.2) is 28.7 Å². The van der Waals surface area contributed by atoms with E-state index in [0.717, 1.165) is 4.47 Å². The number of benzene rings is 1. The molecule has 1 nitrogen and oxygen atoms in total. The van der Waals surface area contributed by atoms with Crippen molar-refractivity contribution in [3.05, 3.63) is 34.3 Å². The highest BCUT2D eigenvalue weighted by atomic mass is 79.9. The van der Waals surface area contributed by atoms with E-state index in [4.69, 9.17) is 0 Å². The molecule has 0 saturated heterocycles.